The van der Waals surface area contributed by atoms with Gasteiger partial charge in [0, 0.05) is 40.6 Å². The average molecular weight is 224 g/mol. The minimum Gasteiger partial charge on any atom is -0.384 e. The van der Waals surface area contributed by atoms with Crippen molar-refractivity contribution < 1.29 is 5.11 Å². The van der Waals surface area contributed by atoms with E-state index < -0.39 is 6.10 Å². The molecule has 2 aromatic heterocycles. The number of nitrogens with one attached hydrogen (secondary N) is 1. The molecule has 0 saturated heterocycles. The first kappa shape index (κ1) is 10.1. The molecule has 0 bridgehead atoms. The lowest BCUT2D eigenvalue weighted by Gasteiger charge is -2.09. The van der Waals surface area contributed by atoms with Gasteiger partial charge in [-0.1, -0.05) is 24.3 Å². The van der Waals surface area contributed by atoms with Gasteiger partial charge in [-0.05, 0) is 12.1 Å². The van der Waals surface area contributed by atoms with E-state index >= 15 is 0 Å². The number of nitrogens with zero attached hydrogens (tertiary/aromatic N) is 1. The second kappa shape index (κ2) is 4.03. The molecule has 1 aromatic carbocycles. The zero-order valence-corrected chi connectivity index (χ0v) is 9.17. The van der Waals surface area contributed by atoms with Gasteiger partial charge in [0.1, 0.15) is 6.10 Å². The predicted octanol–water partition coefficient (Wildman–Crippen LogP) is 2.64. The van der Waals surface area contributed by atoms with Crippen molar-refractivity contribution in [2.24, 2.45) is 0 Å². The number of pyridine rings is 1. The molecule has 0 aliphatic rings. The van der Waals surface area contributed by atoms with Gasteiger partial charge in [-0.25, -0.2) is 0 Å². The van der Waals surface area contributed by atoms with E-state index in [9.17, 15) is 5.11 Å². The van der Waals surface area contributed by atoms with Crippen LogP contribution in [-0.2, 0) is 0 Å². The third-order valence-corrected chi connectivity index (χ3v) is 2.92. The van der Waals surface area contributed by atoms with Crippen LogP contribution < -0.4 is 0 Å². The minimum absolute atomic E-state index is 0.639. The van der Waals surface area contributed by atoms with Gasteiger partial charge >= 0.3 is 0 Å². The highest BCUT2D eigenvalue weighted by Crippen LogP contribution is 2.28. The van der Waals surface area contributed by atoms with Crippen molar-refractivity contribution in [2.75, 3.05) is 0 Å². The Kier molecular flexibility index (Phi) is 2.38. The molecule has 3 aromatic rings. The summed E-state index contributed by atoms with van der Waals surface area (Å²) in [5.74, 6) is 0. The van der Waals surface area contributed by atoms with Crippen molar-refractivity contribution in [1.29, 1.82) is 0 Å². The van der Waals surface area contributed by atoms with Crippen molar-refractivity contribution in [2.45, 2.75) is 6.10 Å². The van der Waals surface area contributed by atoms with Crippen molar-refractivity contribution in [3.63, 3.8) is 0 Å². The third-order valence-electron chi connectivity index (χ3n) is 2.92. The van der Waals surface area contributed by atoms with Crippen LogP contribution in [0.15, 0.2) is 55.0 Å². The molecule has 0 saturated carbocycles. The van der Waals surface area contributed by atoms with Crippen molar-refractivity contribution in [3.8, 4) is 0 Å². The number of rotatable bonds is 2. The molecule has 3 nitrogen and oxygen atoms in total. The van der Waals surface area contributed by atoms with Crippen LogP contribution in [0.25, 0.3) is 10.9 Å². The molecule has 0 amide bonds. The summed E-state index contributed by atoms with van der Waals surface area (Å²) in [5, 5.41) is 11.4. The topological polar surface area (TPSA) is 48.9 Å². The third kappa shape index (κ3) is 1.70. The normalized spacial score (nSPS) is 12.8. The fourth-order valence-electron chi connectivity index (χ4n) is 2.04. The maximum absolute atomic E-state index is 10.3. The van der Waals surface area contributed by atoms with E-state index in [-0.39, 0.29) is 0 Å². The first-order valence-electron chi connectivity index (χ1n) is 5.50. The van der Waals surface area contributed by atoms with Gasteiger partial charge in [0.2, 0.25) is 0 Å². The SMILES string of the molecule is OC(c1cccnc1)c1c[nH]c2ccccc12. The molecule has 17 heavy (non-hydrogen) atoms. The molecule has 3 rings (SSSR count). The Labute approximate surface area is 98.8 Å². The van der Waals surface area contributed by atoms with Crippen molar-refractivity contribution >= 4 is 10.9 Å². The number of aromatic amines is 1. The van der Waals surface area contributed by atoms with Crippen LogP contribution in [0.1, 0.15) is 17.2 Å². The predicted molar refractivity (Wildman–Crippen MR) is 66.6 cm³/mol. The molecule has 1 atom stereocenters. The molecule has 2 N–H and O–H groups in total. The van der Waals surface area contributed by atoms with Crippen LogP contribution in [0.4, 0.5) is 0 Å². The smallest absolute Gasteiger partial charge is 0.108 e. The van der Waals surface area contributed by atoms with Crippen LogP contribution in [-0.4, -0.2) is 15.1 Å². The van der Waals surface area contributed by atoms with Crippen molar-refractivity contribution in [1.82, 2.24) is 9.97 Å². The number of aromatic nitrogens is 2. The maximum atomic E-state index is 10.3. The number of H-pyrrole nitrogens is 1. The number of para-hydroxylation sites is 1. The summed E-state index contributed by atoms with van der Waals surface area (Å²) >= 11 is 0. The molecule has 0 aliphatic carbocycles. The zero-order valence-electron chi connectivity index (χ0n) is 9.17. The fourth-order valence-corrected chi connectivity index (χ4v) is 2.04. The molecule has 0 radical (unpaired) electrons. The molecule has 1 unspecified atom stereocenters. The van der Waals surface area contributed by atoms with Gasteiger partial charge in [0.05, 0.1) is 0 Å². The maximum Gasteiger partial charge on any atom is 0.108 e. The van der Waals surface area contributed by atoms with E-state index in [1.807, 2.05) is 42.6 Å². The van der Waals surface area contributed by atoms with Crippen molar-refractivity contribution in [3.05, 3.63) is 66.1 Å². The second-order valence-electron chi connectivity index (χ2n) is 3.98. The lowest BCUT2D eigenvalue weighted by Crippen LogP contribution is -1.98. The van der Waals surface area contributed by atoms with Gasteiger partial charge in [0.25, 0.3) is 0 Å². The molecular formula is C14H12N2O. The molecular weight excluding hydrogens is 212 g/mol. The van der Waals surface area contributed by atoms with E-state index in [1.54, 1.807) is 12.4 Å². The standard InChI is InChI=1S/C14H12N2O/c17-14(10-4-3-7-15-8-10)12-9-16-13-6-2-1-5-11(12)13/h1-9,14,16-17H. The number of benzene rings is 1. The highest BCUT2D eigenvalue weighted by Gasteiger charge is 2.14. The molecule has 84 valence electrons. The first-order chi connectivity index (χ1) is 8.36. The van der Waals surface area contributed by atoms with Gasteiger partial charge < -0.3 is 10.1 Å². The number of hydrogen-bond acceptors (Lipinski definition) is 2. The summed E-state index contributed by atoms with van der Waals surface area (Å²) < 4.78 is 0. The van der Waals surface area contributed by atoms with Crippen LogP contribution >= 0.6 is 0 Å². The largest absolute Gasteiger partial charge is 0.384 e. The second-order valence-corrected chi connectivity index (χ2v) is 3.98. The van der Waals surface area contributed by atoms with E-state index in [0.717, 1.165) is 22.0 Å². The van der Waals surface area contributed by atoms with E-state index in [1.165, 1.54) is 0 Å². The molecule has 0 fully saturated rings. The number of aliphatic hydroxyl groups excluding tert-OH is 1. The van der Waals surface area contributed by atoms with E-state index in [0.29, 0.717) is 0 Å². The minimum atomic E-state index is -0.639. The van der Waals surface area contributed by atoms with E-state index in [4.69, 9.17) is 0 Å². The van der Waals surface area contributed by atoms with Gasteiger partial charge in [-0.3, -0.25) is 4.98 Å². The summed E-state index contributed by atoms with van der Waals surface area (Å²) in [4.78, 5) is 7.18. The van der Waals surface area contributed by atoms with Crippen LogP contribution in [0.5, 0.6) is 0 Å². The lowest BCUT2D eigenvalue weighted by molar-refractivity contribution is 0.221. The highest BCUT2D eigenvalue weighted by atomic mass is 16.3. The Balaban J connectivity index is 2.10. The summed E-state index contributed by atoms with van der Waals surface area (Å²) in [7, 11) is 0. The molecule has 0 spiro atoms. The number of fused-ring (bicyclic) bond motifs is 1. The number of aliphatic hydroxyl groups is 1. The van der Waals surface area contributed by atoms with Gasteiger partial charge in [0.15, 0.2) is 0 Å². The zero-order chi connectivity index (χ0) is 11.7. The average Bonchev–Trinajstić information content (AvgIpc) is 2.83. The van der Waals surface area contributed by atoms with Crippen LogP contribution in [0.2, 0.25) is 0 Å². The Morgan fingerprint density at radius 2 is 2.00 bits per heavy atom. The van der Waals surface area contributed by atoms with Crippen LogP contribution in [0.3, 0.4) is 0 Å². The van der Waals surface area contributed by atoms with Crippen LogP contribution in [0, 0.1) is 0 Å². The summed E-state index contributed by atoms with van der Waals surface area (Å²) in [5.41, 5.74) is 2.72. The summed E-state index contributed by atoms with van der Waals surface area (Å²) in [6.07, 6.45) is 4.60. The molecule has 0 aliphatic heterocycles. The Bertz CT molecular complexity index is 631. The Morgan fingerprint density at radius 3 is 2.82 bits per heavy atom. The number of hydrogen-bond donors (Lipinski definition) is 2. The quantitative estimate of drug-likeness (QED) is 0.703. The Hall–Kier alpha value is -2.13. The fraction of sp³-hybridized carbons (Fsp3) is 0.0714. The molecule has 2 heterocycles. The Morgan fingerprint density at radius 1 is 1.12 bits per heavy atom. The first-order valence-corrected chi connectivity index (χ1v) is 5.50. The lowest BCUT2D eigenvalue weighted by atomic mass is 10.0. The monoisotopic (exact) mass is 224 g/mol. The van der Waals surface area contributed by atoms with Gasteiger partial charge in [-0.2, -0.15) is 0 Å². The summed E-state index contributed by atoms with van der Waals surface area (Å²) in [6.45, 7) is 0. The van der Waals surface area contributed by atoms with Gasteiger partial charge in [-0.15, -0.1) is 0 Å². The molecule has 3 heteroatoms. The van der Waals surface area contributed by atoms with E-state index in [2.05, 4.69) is 9.97 Å². The summed E-state index contributed by atoms with van der Waals surface area (Å²) in [6, 6.07) is 11.6. The highest BCUT2D eigenvalue weighted by molar-refractivity contribution is 5.83.